The van der Waals surface area contributed by atoms with Crippen LogP contribution in [-0.4, -0.2) is 55.8 Å². The fourth-order valence-electron chi connectivity index (χ4n) is 7.50. The van der Waals surface area contributed by atoms with Crippen molar-refractivity contribution >= 4 is 35.1 Å². The molecule has 0 spiro atoms. The highest BCUT2D eigenvalue weighted by Gasteiger charge is 2.49. The van der Waals surface area contributed by atoms with Gasteiger partial charge in [0.05, 0.1) is 45.9 Å². The van der Waals surface area contributed by atoms with E-state index in [0.29, 0.717) is 25.2 Å². The summed E-state index contributed by atoms with van der Waals surface area (Å²) in [6.07, 6.45) is 4.36. The zero-order valence-corrected chi connectivity index (χ0v) is 26.5. The van der Waals surface area contributed by atoms with Gasteiger partial charge in [-0.2, -0.15) is 18.3 Å². The van der Waals surface area contributed by atoms with Gasteiger partial charge in [0, 0.05) is 24.5 Å². The maximum atomic E-state index is 14.7. The van der Waals surface area contributed by atoms with Crippen molar-refractivity contribution < 1.29 is 32.6 Å². The van der Waals surface area contributed by atoms with Crippen LogP contribution >= 0.6 is 23.2 Å². The number of carbonyl (C=O) groups excluding carboxylic acids is 2. The number of aromatic nitrogens is 3. The van der Waals surface area contributed by atoms with E-state index in [4.69, 9.17) is 27.9 Å². The standard InChI is InChI=1S/C31H39Cl2F3N4O4/c1-3-44-29(43)30(2)11-9-20(10-12-30)40-27(31(34,35)36)21(14-38-40)28(42)39-17-19(18-7-5-4-6-8-18)13-24(39)26(41)25-22(32)15-37-16-23(25)33/h14-16,18-20,24,26,41H,3-13,17H2,1-2H3/t19-,20?,24-,26+,30?/m1/s1. The van der Waals surface area contributed by atoms with Crippen LogP contribution in [0.3, 0.4) is 0 Å². The number of aliphatic hydroxyl groups is 1. The molecule has 8 nitrogen and oxygen atoms in total. The molecule has 3 atom stereocenters. The molecule has 3 aliphatic rings. The Morgan fingerprint density at radius 2 is 1.70 bits per heavy atom. The van der Waals surface area contributed by atoms with E-state index >= 15 is 0 Å². The number of alkyl halides is 3. The van der Waals surface area contributed by atoms with Crippen LogP contribution in [-0.2, 0) is 15.7 Å². The molecular weight excluding hydrogens is 620 g/mol. The Bertz CT molecular complexity index is 1340. The van der Waals surface area contributed by atoms with Gasteiger partial charge in [-0.3, -0.25) is 19.3 Å². The van der Waals surface area contributed by atoms with Gasteiger partial charge in [-0.15, -0.1) is 0 Å². The number of likely N-dealkylation sites (tertiary alicyclic amines) is 1. The monoisotopic (exact) mass is 658 g/mol. The van der Waals surface area contributed by atoms with Crippen molar-refractivity contribution in [3.8, 4) is 0 Å². The number of aliphatic hydroxyl groups excluding tert-OH is 1. The Balaban J connectivity index is 1.46. The van der Waals surface area contributed by atoms with E-state index in [2.05, 4.69) is 10.1 Å². The lowest BCUT2D eigenvalue weighted by atomic mass is 9.74. The Hall–Kier alpha value is -2.37. The summed E-state index contributed by atoms with van der Waals surface area (Å²) in [6, 6.07) is -1.48. The highest BCUT2D eigenvalue weighted by atomic mass is 35.5. The summed E-state index contributed by atoms with van der Waals surface area (Å²) in [4.78, 5) is 31.9. The van der Waals surface area contributed by atoms with E-state index in [-0.39, 0.29) is 53.5 Å². The Morgan fingerprint density at radius 1 is 1.07 bits per heavy atom. The fraction of sp³-hybridized carbons (Fsp3) is 0.677. The SMILES string of the molecule is CCOC(=O)C1(C)CCC(n2ncc(C(=O)N3C[C@H](C4CCCCC4)C[C@@H]3[C@H](O)c3c(Cl)cncc3Cl)c2C(F)(F)F)CC1. The molecule has 3 heterocycles. The van der Waals surface area contributed by atoms with Crippen LogP contribution in [0, 0.1) is 17.3 Å². The third kappa shape index (κ3) is 6.47. The summed E-state index contributed by atoms with van der Waals surface area (Å²) in [6.45, 7) is 3.93. The molecule has 13 heteroatoms. The molecular formula is C31H39Cl2F3N4O4. The molecule has 0 aromatic carbocycles. The largest absolute Gasteiger partial charge is 0.466 e. The van der Waals surface area contributed by atoms with Gasteiger partial charge < -0.3 is 14.7 Å². The average Bonchev–Trinajstić information content (AvgIpc) is 3.64. The van der Waals surface area contributed by atoms with E-state index in [0.717, 1.165) is 43.0 Å². The van der Waals surface area contributed by atoms with Crippen molar-refractivity contribution in [2.45, 2.75) is 102 Å². The van der Waals surface area contributed by atoms with Gasteiger partial charge in [0.15, 0.2) is 5.69 Å². The zero-order valence-electron chi connectivity index (χ0n) is 25.0. The molecule has 242 valence electrons. The van der Waals surface area contributed by atoms with Crippen LogP contribution in [0.25, 0.3) is 0 Å². The van der Waals surface area contributed by atoms with Crippen LogP contribution in [0.2, 0.25) is 10.0 Å². The van der Waals surface area contributed by atoms with Gasteiger partial charge in [-0.25, -0.2) is 0 Å². The van der Waals surface area contributed by atoms with Crippen molar-refractivity contribution in [3.05, 3.63) is 45.5 Å². The number of nitrogens with zero attached hydrogens (tertiary/aromatic N) is 4. The lowest BCUT2D eigenvalue weighted by Crippen LogP contribution is -2.40. The van der Waals surface area contributed by atoms with Crippen LogP contribution in [0.15, 0.2) is 18.6 Å². The summed E-state index contributed by atoms with van der Waals surface area (Å²) in [5.74, 6) is -0.868. The van der Waals surface area contributed by atoms with Gasteiger partial charge >= 0.3 is 12.1 Å². The van der Waals surface area contributed by atoms with Gasteiger partial charge in [-0.1, -0.05) is 55.3 Å². The number of ether oxygens (including phenoxy) is 1. The van der Waals surface area contributed by atoms with E-state index < -0.39 is 46.9 Å². The summed E-state index contributed by atoms with van der Waals surface area (Å²) in [7, 11) is 0. The maximum absolute atomic E-state index is 14.7. The third-order valence-electron chi connectivity index (χ3n) is 9.97. The van der Waals surface area contributed by atoms with E-state index in [1.54, 1.807) is 13.8 Å². The van der Waals surface area contributed by atoms with Crippen molar-refractivity contribution in [1.29, 1.82) is 0 Å². The molecule has 5 rings (SSSR count). The quantitative estimate of drug-likeness (QED) is 0.311. The number of rotatable bonds is 7. The molecule has 44 heavy (non-hydrogen) atoms. The van der Waals surface area contributed by atoms with E-state index in [9.17, 15) is 27.9 Å². The number of halogens is 5. The first kappa shape index (κ1) is 33.0. The normalized spacial score (nSPS) is 27.4. The van der Waals surface area contributed by atoms with Crippen molar-refractivity contribution in [2.24, 2.45) is 17.3 Å². The fourth-order valence-corrected chi connectivity index (χ4v) is 8.09. The number of carbonyl (C=O) groups is 2. The maximum Gasteiger partial charge on any atom is 0.433 e. The lowest BCUT2D eigenvalue weighted by Gasteiger charge is -2.36. The first-order chi connectivity index (χ1) is 20.9. The molecule has 1 N–H and O–H groups in total. The van der Waals surface area contributed by atoms with E-state index in [1.807, 2.05) is 0 Å². The second-order valence-corrected chi connectivity index (χ2v) is 13.6. The number of pyridine rings is 1. The second-order valence-electron chi connectivity index (χ2n) is 12.7. The Labute approximate surface area is 265 Å². The molecule has 0 radical (unpaired) electrons. The molecule has 1 saturated heterocycles. The summed E-state index contributed by atoms with van der Waals surface area (Å²) in [5, 5.41) is 15.9. The lowest BCUT2D eigenvalue weighted by molar-refractivity contribution is -0.157. The van der Waals surface area contributed by atoms with Gasteiger partial charge in [0.1, 0.15) is 6.10 Å². The van der Waals surface area contributed by atoms with Crippen LogP contribution in [0.5, 0.6) is 0 Å². The zero-order chi connectivity index (χ0) is 31.8. The average molecular weight is 660 g/mol. The topological polar surface area (TPSA) is 97.6 Å². The molecule has 0 unspecified atom stereocenters. The molecule has 1 amide bonds. The number of amides is 1. The van der Waals surface area contributed by atoms with Crippen molar-refractivity contribution in [2.75, 3.05) is 13.2 Å². The molecule has 2 saturated carbocycles. The first-order valence-corrected chi connectivity index (χ1v) is 16.2. The molecule has 2 aromatic heterocycles. The highest BCUT2D eigenvalue weighted by Crippen LogP contribution is 2.46. The number of hydrogen-bond donors (Lipinski definition) is 1. The minimum absolute atomic E-state index is 0.0153. The number of hydrogen-bond acceptors (Lipinski definition) is 6. The molecule has 1 aliphatic heterocycles. The summed E-state index contributed by atoms with van der Waals surface area (Å²) in [5.41, 5.74) is -2.24. The number of esters is 1. The molecule has 2 aliphatic carbocycles. The minimum atomic E-state index is -4.86. The highest BCUT2D eigenvalue weighted by molar-refractivity contribution is 6.35. The molecule has 2 aromatic rings. The van der Waals surface area contributed by atoms with E-state index in [1.165, 1.54) is 17.3 Å². The minimum Gasteiger partial charge on any atom is -0.466 e. The Kier molecular flexibility index (Phi) is 9.87. The second kappa shape index (κ2) is 13.2. The summed E-state index contributed by atoms with van der Waals surface area (Å²) < 4.78 is 50.3. The van der Waals surface area contributed by atoms with Crippen molar-refractivity contribution in [3.63, 3.8) is 0 Å². The van der Waals surface area contributed by atoms with Gasteiger partial charge in [-0.05, 0) is 57.8 Å². The van der Waals surface area contributed by atoms with Crippen LogP contribution in [0.4, 0.5) is 13.2 Å². The summed E-state index contributed by atoms with van der Waals surface area (Å²) >= 11 is 12.7. The third-order valence-corrected chi connectivity index (χ3v) is 10.6. The smallest absolute Gasteiger partial charge is 0.433 e. The van der Waals surface area contributed by atoms with Crippen LogP contribution < -0.4 is 0 Å². The molecule has 0 bridgehead atoms. The molecule has 3 fully saturated rings. The van der Waals surface area contributed by atoms with Crippen molar-refractivity contribution in [1.82, 2.24) is 19.7 Å². The predicted octanol–water partition coefficient (Wildman–Crippen LogP) is 7.43. The first-order valence-electron chi connectivity index (χ1n) is 15.5. The predicted molar refractivity (Wildman–Crippen MR) is 158 cm³/mol. The van der Waals surface area contributed by atoms with Gasteiger partial charge in [0.2, 0.25) is 0 Å². The van der Waals surface area contributed by atoms with Gasteiger partial charge in [0.25, 0.3) is 5.91 Å². The van der Waals surface area contributed by atoms with Crippen LogP contribution in [0.1, 0.15) is 112 Å². The Morgan fingerprint density at radius 3 is 2.30 bits per heavy atom.